The van der Waals surface area contributed by atoms with Crippen molar-refractivity contribution in [2.75, 3.05) is 26.8 Å². The molecular weight excluding hydrogens is 188 g/mol. The van der Waals surface area contributed by atoms with Gasteiger partial charge in [-0.2, -0.15) is 0 Å². The summed E-state index contributed by atoms with van der Waals surface area (Å²) in [5.41, 5.74) is 6.08. The highest BCUT2D eigenvalue weighted by atomic mass is 16.5. The molecule has 90 valence electrons. The molecule has 0 radical (unpaired) electrons. The molecule has 1 aliphatic carbocycles. The molecule has 0 amide bonds. The van der Waals surface area contributed by atoms with E-state index in [1.165, 1.54) is 6.42 Å². The lowest BCUT2D eigenvalue weighted by Crippen LogP contribution is -2.35. The lowest BCUT2D eigenvalue weighted by molar-refractivity contribution is 0.160. The highest BCUT2D eigenvalue weighted by Gasteiger charge is 2.44. The molecule has 3 heteroatoms. The number of nitrogens with one attached hydrogen (secondary N) is 1. The Morgan fingerprint density at radius 2 is 2.20 bits per heavy atom. The van der Waals surface area contributed by atoms with Crippen LogP contribution in [0.5, 0.6) is 0 Å². The van der Waals surface area contributed by atoms with Crippen molar-refractivity contribution in [2.45, 2.75) is 39.2 Å². The van der Waals surface area contributed by atoms with Gasteiger partial charge in [-0.1, -0.05) is 13.8 Å². The number of hydrogen-bond acceptors (Lipinski definition) is 3. The molecule has 1 saturated carbocycles. The lowest BCUT2D eigenvalue weighted by atomic mass is 10.1. The Kier molecular flexibility index (Phi) is 5.03. The van der Waals surface area contributed by atoms with Crippen LogP contribution in [0.2, 0.25) is 0 Å². The molecule has 0 bridgehead atoms. The van der Waals surface area contributed by atoms with E-state index in [0.29, 0.717) is 11.5 Å². The summed E-state index contributed by atoms with van der Waals surface area (Å²) >= 11 is 0. The average Bonchev–Trinajstić information content (AvgIpc) is 2.79. The molecule has 0 aliphatic heterocycles. The van der Waals surface area contributed by atoms with Crippen LogP contribution in [-0.4, -0.2) is 32.8 Å². The monoisotopic (exact) mass is 214 g/mol. The number of methoxy groups -OCH3 is 1. The van der Waals surface area contributed by atoms with Crippen molar-refractivity contribution in [1.82, 2.24) is 5.32 Å². The summed E-state index contributed by atoms with van der Waals surface area (Å²) in [4.78, 5) is 0. The molecule has 2 unspecified atom stereocenters. The van der Waals surface area contributed by atoms with Crippen LogP contribution < -0.4 is 11.1 Å². The minimum Gasteiger partial charge on any atom is -0.383 e. The zero-order valence-corrected chi connectivity index (χ0v) is 10.4. The molecule has 1 rings (SSSR count). The summed E-state index contributed by atoms with van der Waals surface area (Å²) in [6.07, 6.45) is 3.56. The second-order valence-corrected chi connectivity index (χ2v) is 5.38. The maximum Gasteiger partial charge on any atom is 0.0615 e. The minimum atomic E-state index is 0.481. The van der Waals surface area contributed by atoms with Crippen LogP contribution >= 0.6 is 0 Å². The molecular formula is C12H26N2O. The first-order valence-corrected chi connectivity index (χ1v) is 6.02. The summed E-state index contributed by atoms with van der Waals surface area (Å²) in [5, 5.41) is 3.59. The Bertz CT molecular complexity index is 182. The van der Waals surface area contributed by atoms with Crippen LogP contribution in [0.3, 0.4) is 0 Å². The van der Waals surface area contributed by atoms with E-state index in [9.17, 15) is 0 Å². The fourth-order valence-corrected chi connectivity index (χ4v) is 2.04. The van der Waals surface area contributed by atoms with Gasteiger partial charge in [0.2, 0.25) is 0 Å². The third-order valence-electron chi connectivity index (χ3n) is 3.50. The molecule has 3 nitrogen and oxygen atoms in total. The van der Waals surface area contributed by atoms with Crippen LogP contribution in [0, 0.1) is 11.3 Å². The van der Waals surface area contributed by atoms with Crippen LogP contribution in [0.25, 0.3) is 0 Å². The topological polar surface area (TPSA) is 47.3 Å². The molecule has 0 spiro atoms. The standard InChI is InChI=1S/C12H26N2O/c1-12(2)7-10(12)8-14-11(9-15-3)5-4-6-13/h10-11,14H,4-9,13H2,1-3H3. The van der Waals surface area contributed by atoms with Gasteiger partial charge in [0, 0.05) is 13.2 Å². The van der Waals surface area contributed by atoms with Gasteiger partial charge in [-0.3, -0.25) is 0 Å². The molecule has 0 saturated heterocycles. The third-order valence-corrected chi connectivity index (χ3v) is 3.50. The predicted molar refractivity (Wildman–Crippen MR) is 63.8 cm³/mol. The summed E-state index contributed by atoms with van der Waals surface area (Å²) in [5.74, 6) is 0.856. The molecule has 3 N–H and O–H groups in total. The largest absolute Gasteiger partial charge is 0.383 e. The lowest BCUT2D eigenvalue weighted by Gasteiger charge is -2.18. The second-order valence-electron chi connectivity index (χ2n) is 5.38. The molecule has 0 aromatic heterocycles. The maximum atomic E-state index is 5.52. The number of ether oxygens (including phenoxy) is 1. The number of hydrogen-bond donors (Lipinski definition) is 2. The molecule has 15 heavy (non-hydrogen) atoms. The van der Waals surface area contributed by atoms with Gasteiger partial charge in [0.1, 0.15) is 0 Å². The normalized spacial score (nSPS) is 25.2. The molecule has 0 heterocycles. The van der Waals surface area contributed by atoms with Gasteiger partial charge < -0.3 is 15.8 Å². The van der Waals surface area contributed by atoms with Gasteiger partial charge in [0.15, 0.2) is 0 Å². The number of nitrogens with two attached hydrogens (primary N) is 1. The molecule has 2 atom stereocenters. The van der Waals surface area contributed by atoms with Crippen molar-refractivity contribution < 1.29 is 4.74 Å². The second kappa shape index (κ2) is 5.83. The Morgan fingerprint density at radius 1 is 1.53 bits per heavy atom. The van der Waals surface area contributed by atoms with Gasteiger partial charge in [-0.15, -0.1) is 0 Å². The Hall–Kier alpha value is -0.120. The van der Waals surface area contributed by atoms with Crippen molar-refractivity contribution >= 4 is 0 Å². The molecule has 0 aromatic rings. The van der Waals surface area contributed by atoms with E-state index in [1.807, 2.05) is 0 Å². The first-order valence-electron chi connectivity index (χ1n) is 6.02. The van der Waals surface area contributed by atoms with E-state index in [1.54, 1.807) is 7.11 Å². The Labute approximate surface area is 93.8 Å². The quantitative estimate of drug-likeness (QED) is 0.641. The first-order chi connectivity index (χ1) is 7.10. The molecule has 0 aromatic carbocycles. The van der Waals surface area contributed by atoms with Gasteiger partial charge >= 0.3 is 0 Å². The van der Waals surface area contributed by atoms with Gasteiger partial charge in [0.05, 0.1) is 6.61 Å². The fraction of sp³-hybridized carbons (Fsp3) is 1.00. The van der Waals surface area contributed by atoms with Gasteiger partial charge in [0.25, 0.3) is 0 Å². The highest BCUT2D eigenvalue weighted by Crippen LogP contribution is 2.51. The Balaban J connectivity index is 2.14. The zero-order chi connectivity index (χ0) is 11.3. The van der Waals surface area contributed by atoms with Crippen LogP contribution in [0.4, 0.5) is 0 Å². The Morgan fingerprint density at radius 3 is 2.67 bits per heavy atom. The van der Waals surface area contributed by atoms with Crippen molar-refractivity contribution in [3.8, 4) is 0 Å². The number of rotatable bonds is 8. The van der Waals surface area contributed by atoms with Crippen molar-refractivity contribution in [1.29, 1.82) is 0 Å². The van der Waals surface area contributed by atoms with Crippen molar-refractivity contribution in [2.24, 2.45) is 17.1 Å². The average molecular weight is 214 g/mol. The summed E-state index contributed by atoms with van der Waals surface area (Å²) in [6.45, 7) is 7.38. The zero-order valence-electron chi connectivity index (χ0n) is 10.4. The van der Waals surface area contributed by atoms with E-state index in [0.717, 1.165) is 38.5 Å². The summed E-state index contributed by atoms with van der Waals surface area (Å²) < 4.78 is 5.20. The summed E-state index contributed by atoms with van der Waals surface area (Å²) in [7, 11) is 1.76. The maximum absolute atomic E-state index is 5.52. The van der Waals surface area contributed by atoms with Crippen molar-refractivity contribution in [3.63, 3.8) is 0 Å². The first kappa shape index (κ1) is 12.9. The smallest absolute Gasteiger partial charge is 0.0615 e. The molecule has 1 aliphatic rings. The summed E-state index contributed by atoms with van der Waals surface area (Å²) in [6, 6.07) is 0.481. The van der Waals surface area contributed by atoms with E-state index in [4.69, 9.17) is 10.5 Å². The van der Waals surface area contributed by atoms with E-state index >= 15 is 0 Å². The minimum absolute atomic E-state index is 0.481. The van der Waals surface area contributed by atoms with E-state index in [-0.39, 0.29) is 0 Å². The third kappa shape index (κ3) is 4.49. The molecule has 1 fully saturated rings. The SMILES string of the molecule is COCC(CCCN)NCC1CC1(C)C. The van der Waals surface area contributed by atoms with Crippen molar-refractivity contribution in [3.05, 3.63) is 0 Å². The van der Waals surface area contributed by atoms with E-state index < -0.39 is 0 Å². The van der Waals surface area contributed by atoms with E-state index in [2.05, 4.69) is 19.2 Å². The van der Waals surface area contributed by atoms with Crippen LogP contribution in [0.15, 0.2) is 0 Å². The van der Waals surface area contributed by atoms with Gasteiger partial charge in [-0.05, 0) is 43.7 Å². The predicted octanol–water partition coefficient (Wildman–Crippen LogP) is 1.38. The highest BCUT2D eigenvalue weighted by molar-refractivity contribution is 4.96. The van der Waals surface area contributed by atoms with Crippen LogP contribution in [-0.2, 0) is 4.74 Å². The van der Waals surface area contributed by atoms with Crippen LogP contribution in [0.1, 0.15) is 33.1 Å². The van der Waals surface area contributed by atoms with Gasteiger partial charge in [-0.25, -0.2) is 0 Å². The fourth-order valence-electron chi connectivity index (χ4n) is 2.04.